The Morgan fingerprint density at radius 3 is 2.67 bits per heavy atom. The Kier molecular flexibility index (Phi) is 5.25. The molecule has 3 aromatic rings. The van der Waals surface area contributed by atoms with E-state index in [0.717, 1.165) is 21.7 Å². The Morgan fingerprint density at radius 2 is 1.88 bits per heavy atom. The van der Waals surface area contributed by atoms with E-state index in [-0.39, 0.29) is 12.6 Å². The van der Waals surface area contributed by atoms with Crippen molar-refractivity contribution in [3.63, 3.8) is 0 Å². The summed E-state index contributed by atoms with van der Waals surface area (Å²) in [6.45, 7) is 0.0448. The standard InChI is InChI=1S/C19H18N2O2S/c22-11-10-14-5-1-2-8-17(14)21-19(23)20-16-7-3-6-15(13-16)18-9-4-12-24-18/h1-9,12-13,22H,10-11H2,(H2,20,21,23). The molecule has 0 fully saturated rings. The minimum absolute atomic E-state index is 0.0448. The third kappa shape index (κ3) is 4.01. The number of carbonyl (C=O) groups is 1. The second-order valence-electron chi connectivity index (χ2n) is 5.27. The molecule has 0 radical (unpaired) electrons. The van der Waals surface area contributed by atoms with Gasteiger partial charge in [-0.05, 0) is 47.2 Å². The largest absolute Gasteiger partial charge is 0.396 e. The van der Waals surface area contributed by atoms with Crippen LogP contribution in [0.5, 0.6) is 0 Å². The van der Waals surface area contributed by atoms with Gasteiger partial charge < -0.3 is 15.7 Å². The second kappa shape index (κ2) is 7.77. The number of aliphatic hydroxyl groups is 1. The molecule has 0 atom stereocenters. The van der Waals surface area contributed by atoms with Gasteiger partial charge in [-0.2, -0.15) is 0 Å². The molecule has 3 rings (SSSR count). The number of aliphatic hydroxyl groups excluding tert-OH is 1. The van der Waals surface area contributed by atoms with Crippen molar-refractivity contribution in [3.8, 4) is 10.4 Å². The maximum atomic E-state index is 12.3. The molecule has 1 aromatic heterocycles. The molecule has 0 unspecified atom stereocenters. The average molecular weight is 338 g/mol. The van der Waals surface area contributed by atoms with Crippen LogP contribution in [0.3, 0.4) is 0 Å². The number of thiophene rings is 1. The number of nitrogens with one attached hydrogen (secondary N) is 2. The van der Waals surface area contributed by atoms with Crippen LogP contribution in [0.15, 0.2) is 66.0 Å². The van der Waals surface area contributed by atoms with Crippen LogP contribution in [0.1, 0.15) is 5.56 Å². The molecule has 3 N–H and O–H groups in total. The zero-order valence-corrected chi connectivity index (χ0v) is 13.8. The van der Waals surface area contributed by atoms with E-state index in [1.54, 1.807) is 11.3 Å². The molecule has 0 spiro atoms. The van der Waals surface area contributed by atoms with Crippen molar-refractivity contribution in [1.82, 2.24) is 0 Å². The lowest BCUT2D eigenvalue weighted by Crippen LogP contribution is -2.20. The summed E-state index contributed by atoms with van der Waals surface area (Å²) >= 11 is 1.66. The first-order valence-corrected chi connectivity index (χ1v) is 8.55. The Balaban J connectivity index is 1.71. The Hall–Kier alpha value is -2.63. The van der Waals surface area contributed by atoms with E-state index in [0.29, 0.717) is 12.1 Å². The zero-order valence-electron chi connectivity index (χ0n) is 13.0. The summed E-state index contributed by atoms with van der Waals surface area (Å²) in [7, 11) is 0. The van der Waals surface area contributed by atoms with Gasteiger partial charge in [0.25, 0.3) is 0 Å². The monoisotopic (exact) mass is 338 g/mol. The smallest absolute Gasteiger partial charge is 0.323 e. The topological polar surface area (TPSA) is 61.4 Å². The van der Waals surface area contributed by atoms with E-state index in [2.05, 4.69) is 16.7 Å². The molecule has 1 heterocycles. The van der Waals surface area contributed by atoms with E-state index in [9.17, 15) is 4.79 Å². The van der Waals surface area contributed by atoms with E-state index in [1.807, 2.05) is 60.0 Å². The molecule has 0 saturated carbocycles. The van der Waals surface area contributed by atoms with Gasteiger partial charge in [-0.25, -0.2) is 4.79 Å². The molecule has 0 bridgehead atoms. The zero-order chi connectivity index (χ0) is 16.8. The highest BCUT2D eigenvalue weighted by Gasteiger charge is 2.07. The van der Waals surface area contributed by atoms with Gasteiger partial charge in [-0.3, -0.25) is 0 Å². The van der Waals surface area contributed by atoms with Crippen molar-refractivity contribution in [2.45, 2.75) is 6.42 Å². The van der Waals surface area contributed by atoms with E-state index < -0.39 is 0 Å². The van der Waals surface area contributed by atoms with Crippen LogP contribution < -0.4 is 10.6 Å². The number of hydrogen-bond acceptors (Lipinski definition) is 3. The van der Waals surface area contributed by atoms with Gasteiger partial charge in [0.15, 0.2) is 0 Å². The van der Waals surface area contributed by atoms with Crippen molar-refractivity contribution >= 4 is 28.7 Å². The number of hydrogen-bond donors (Lipinski definition) is 3. The van der Waals surface area contributed by atoms with Crippen molar-refractivity contribution < 1.29 is 9.90 Å². The van der Waals surface area contributed by atoms with Crippen LogP contribution in [0.2, 0.25) is 0 Å². The minimum Gasteiger partial charge on any atom is -0.396 e. The summed E-state index contributed by atoms with van der Waals surface area (Å²) in [5, 5.41) is 16.8. The van der Waals surface area contributed by atoms with Crippen LogP contribution in [0, 0.1) is 0 Å². The molecule has 0 aliphatic carbocycles. The highest BCUT2D eigenvalue weighted by Crippen LogP contribution is 2.27. The molecule has 122 valence electrons. The summed E-state index contributed by atoms with van der Waals surface area (Å²) in [5.74, 6) is 0. The van der Waals surface area contributed by atoms with Crippen molar-refractivity contribution in [3.05, 3.63) is 71.6 Å². The van der Waals surface area contributed by atoms with Crippen molar-refractivity contribution in [2.24, 2.45) is 0 Å². The number of benzene rings is 2. The van der Waals surface area contributed by atoms with Crippen LogP contribution in [0.4, 0.5) is 16.2 Å². The van der Waals surface area contributed by atoms with Gasteiger partial charge in [0.05, 0.1) is 0 Å². The van der Waals surface area contributed by atoms with Gasteiger partial charge >= 0.3 is 6.03 Å². The van der Waals surface area contributed by atoms with E-state index in [1.165, 1.54) is 0 Å². The number of para-hydroxylation sites is 1. The van der Waals surface area contributed by atoms with E-state index >= 15 is 0 Å². The molecule has 5 heteroatoms. The van der Waals surface area contributed by atoms with Crippen molar-refractivity contribution in [2.75, 3.05) is 17.2 Å². The summed E-state index contributed by atoms with van der Waals surface area (Å²) in [4.78, 5) is 13.4. The van der Waals surface area contributed by atoms with Gasteiger partial charge in [-0.15, -0.1) is 11.3 Å². The average Bonchev–Trinajstić information content (AvgIpc) is 3.12. The molecule has 2 aromatic carbocycles. The Bertz CT molecular complexity index is 816. The number of anilines is 2. The fraction of sp³-hybridized carbons (Fsp3) is 0.105. The summed E-state index contributed by atoms with van der Waals surface area (Å²) in [5.41, 5.74) is 3.42. The Morgan fingerprint density at radius 1 is 1.00 bits per heavy atom. The summed E-state index contributed by atoms with van der Waals surface area (Å²) in [6.07, 6.45) is 0.504. The van der Waals surface area contributed by atoms with Crippen LogP contribution in [0.25, 0.3) is 10.4 Å². The first-order valence-electron chi connectivity index (χ1n) is 7.67. The lowest BCUT2D eigenvalue weighted by atomic mass is 10.1. The summed E-state index contributed by atoms with van der Waals surface area (Å²) in [6, 6.07) is 19.0. The SMILES string of the molecule is O=C(Nc1cccc(-c2cccs2)c1)Nc1ccccc1CCO. The van der Waals surface area contributed by atoms with E-state index in [4.69, 9.17) is 5.11 Å². The third-order valence-electron chi connectivity index (χ3n) is 3.57. The molecular weight excluding hydrogens is 320 g/mol. The third-order valence-corrected chi connectivity index (χ3v) is 4.49. The van der Waals surface area contributed by atoms with Crippen LogP contribution in [-0.4, -0.2) is 17.7 Å². The lowest BCUT2D eigenvalue weighted by molar-refractivity contribution is 0.262. The quantitative estimate of drug-likeness (QED) is 0.637. The van der Waals surface area contributed by atoms with Crippen LogP contribution in [-0.2, 0) is 6.42 Å². The molecule has 4 nitrogen and oxygen atoms in total. The fourth-order valence-corrected chi connectivity index (χ4v) is 3.18. The number of urea groups is 1. The fourth-order valence-electron chi connectivity index (χ4n) is 2.46. The van der Waals surface area contributed by atoms with Gasteiger partial charge in [0, 0.05) is 22.9 Å². The van der Waals surface area contributed by atoms with Crippen LogP contribution >= 0.6 is 11.3 Å². The van der Waals surface area contributed by atoms with Gasteiger partial charge in [0.2, 0.25) is 0 Å². The molecule has 0 aliphatic rings. The molecule has 24 heavy (non-hydrogen) atoms. The lowest BCUT2D eigenvalue weighted by Gasteiger charge is -2.12. The molecule has 2 amide bonds. The molecular formula is C19H18N2O2S. The minimum atomic E-state index is -0.302. The number of carbonyl (C=O) groups excluding carboxylic acids is 1. The normalized spacial score (nSPS) is 10.4. The predicted octanol–water partition coefficient (Wildman–Crippen LogP) is 4.59. The molecule has 0 aliphatic heterocycles. The second-order valence-corrected chi connectivity index (χ2v) is 6.22. The highest BCUT2D eigenvalue weighted by molar-refractivity contribution is 7.13. The first kappa shape index (κ1) is 16.2. The van der Waals surface area contributed by atoms with Crippen molar-refractivity contribution in [1.29, 1.82) is 0 Å². The maximum Gasteiger partial charge on any atom is 0.323 e. The predicted molar refractivity (Wildman–Crippen MR) is 99.6 cm³/mol. The Labute approximate surface area is 144 Å². The molecule has 0 saturated heterocycles. The maximum absolute atomic E-state index is 12.3. The van der Waals surface area contributed by atoms with Gasteiger partial charge in [-0.1, -0.05) is 36.4 Å². The summed E-state index contributed by atoms with van der Waals surface area (Å²) < 4.78 is 0. The highest BCUT2D eigenvalue weighted by atomic mass is 32.1. The van der Waals surface area contributed by atoms with Gasteiger partial charge in [0.1, 0.15) is 0 Å². The number of amides is 2. The number of rotatable bonds is 5. The first-order chi connectivity index (χ1) is 11.8.